The monoisotopic (exact) mass is 272 g/mol. The summed E-state index contributed by atoms with van der Waals surface area (Å²) in [7, 11) is 1.43. The van der Waals surface area contributed by atoms with Gasteiger partial charge in [-0.25, -0.2) is 8.91 Å². The van der Waals surface area contributed by atoms with E-state index in [1.807, 2.05) is 0 Å². The van der Waals surface area contributed by atoms with Gasteiger partial charge in [-0.05, 0) is 17.7 Å². The SMILES string of the molecule is COc1ccc(C(N)c2cnn3ccncc23)cc1F. The first kappa shape index (κ1) is 12.6. The Hall–Kier alpha value is -2.47. The van der Waals surface area contributed by atoms with Gasteiger partial charge in [0.05, 0.1) is 31.1 Å². The molecule has 1 aromatic carbocycles. The van der Waals surface area contributed by atoms with Gasteiger partial charge in [-0.1, -0.05) is 6.07 Å². The van der Waals surface area contributed by atoms with Gasteiger partial charge in [0.2, 0.25) is 0 Å². The lowest BCUT2D eigenvalue weighted by Gasteiger charge is -2.12. The van der Waals surface area contributed by atoms with Crippen molar-refractivity contribution in [1.29, 1.82) is 0 Å². The van der Waals surface area contributed by atoms with Crippen molar-refractivity contribution in [2.45, 2.75) is 6.04 Å². The van der Waals surface area contributed by atoms with E-state index in [2.05, 4.69) is 10.1 Å². The molecule has 20 heavy (non-hydrogen) atoms. The molecule has 0 aliphatic carbocycles. The number of benzene rings is 1. The van der Waals surface area contributed by atoms with Crippen molar-refractivity contribution in [1.82, 2.24) is 14.6 Å². The summed E-state index contributed by atoms with van der Waals surface area (Å²) in [6.07, 6.45) is 6.73. The van der Waals surface area contributed by atoms with Gasteiger partial charge in [0.25, 0.3) is 0 Å². The van der Waals surface area contributed by atoms with E-state index in [1.54, 1.807) is 41.4 Å². The van der Waals surface area contributed by atoms with E-state index < -0.39 is 11.9 Å². The molecule has 0 spiro atoms. The number of aromatic nitrogens is 3. The minimum absolute atomic E-state index is 0.197. The molecular formula is C14H13FN4O. The molecule has 0 amide bonds. The molecule has 2 N–H and O–H groups in total. The van der Waals surface area contributed by atoms with Crippen molar-refractivity contribution in [3.05, 3.63) is 59.9 Å². The van der Waals surface area contributed by atoms with E-state index in [-0.39, 0.29) is 5.75 Å². The Morgan fingerprint density at radius 2 is 2.20 bits per heavy atom. The molecular weight excluding hydrogens is 259 g/mol. The Labute approximate surface area is 114 Å². The van der Waals surface area contributed by atoms with Crippen LogP contribution < -0.4 is 10.5 Å². The van der Waals surface area contributed by atoms with Gasteiger partial charge in [-0.15, -0.1) is 0 Å². The number of ether oxygens (including phenoxy) is 1. The predicted octanol–water partition coefficient (Wildman–Crippen LogP) is 1.93. The first-order valence-corrected chi connectivity index (χ1v) is 6.07. The fourth-order valence-electron chi connectivity index (χ4n) is 2.15. The molecule has 0 saturated carbocycles. The van der Waals surface area contributed by atoms with Crippen molar-refractivity contribution in [2.75, 3.05) is 7.11 Å². The maximum Gasteiger partial charge on any atom is 0.165 e. The molecule has 0 aliphatic rings. The normalized spacial score (nSPS) is 12.6. The lowest BCUT2D eigenvalue weighted by atomic mass is 10.0. The average Bonchev–Trinajstić information content (AvgIpc) is 2.90. The molecule has 5 nitrogen and oxygen atoms in total. The molecule has 6 heteroatoms. The Balaban J connectivity index is 2.04. The number of methoxy groups -OCH3 is 1. The smallest absolute Gasteiger partial charge is 0.165 e. The van der Waals surface area contributed by atoms with Crippen LogP contribution in [0.15, 0.2) is 43.0 Å². The summed E-state index contributed by atoms with van der Waals surface area (Å²) in [5.74, 6) is -0.238. The summed E-state index contributed by atoms with van der Waals surface area (Å²) >= 11 is 0. The van der Waals surface area contributed by atoms with E-state index in [9.17, 15) is 4.39 Å². The highest BCUT2D eigenvalue weighted by Crippen LogP contribution is 2.26. The van der Waals surface area contributed by atoms with Crippen LogP contribution in [0, 0.1) is 5.82 Å². The predicted molar refractivity (Wildman–Crippen MR) is 72.0 cm³/mol. The first-order chi connectivity index (χ1) is 9.70. The summed E-state index contributed by atoms with van der Waals surface area (Å²) in [5.41, 5.74) is 8.45. The van der Waals surface area contributed by atoms with Crippen molar-refractivity contribution in [3.8, 4) is 5.75 Å². The fourth-order valence-corrected chi connectivity index (χ4v) is 2.15. The van der Waals surface area contributed by atoms with Gasteiger partial charge in [0, 0.05) is 18.0 Å². The third-order valence-electron chi connectivity index (χ3n) is 3.22. The highest BCUT2D eigenvalue weighted by molar-refractivity contribution is 5.55. The molecule has 0 bridgehead atoms. The zero-order chi connectivity index (χ0) is 14.1. The summed E-state index contributed by atoms with van der Waals surface area (Å²) in [6, 6.07) is 4.21. The molecule has 2 aromatic heterocycles. The Kier molecular flexibility index (Phi) is 3.08. The van der Waals surface area contributed by atoms with Crippen molar-refractivity contribution < 1.29 is 9.13 Å². The Morgan fingerprint density at radius 3 is 2.95 bits per heavy atom. The summed E-state index contributed by atoms with van der Waals surface area (Å²) in [6.45, 7) is 0. The summed E-state index contributed by atoms with van der Waals surface area (Å²) in [5, 5.41) is 4.20. The first-order valence-electron chi connectivity index (χ1n) is 6.07. The number of hydrogen-bond donors (Lipinski definition) is 1. The van der Waals surface area contributed by atoms with Crippen LogP contribution in [-0.4, -0.2) is 21.7 Å². The third kappa shape index (κ3) is 2.00. The number of halogens is 1. The van der Waals surface area contributed by atoms with Gasteiger partial charge < -0.3 is 10.5 Å². The minimum Gasteiger partial charge on any atom is -0.494 e. The average molecular weight is 272 g/mol. The zero-order valence-electron chi connectivity index (χ0n) is 10.8. The largest absolute Gasteiger partial charge is 0.494 e. The van der Waals surface area contributed by atoms with Gasteiger partial charge in [-0.3, -0.25) is 4.98 Å². The second-order valence-corrected chi connectivity index (χ2v) is 4.38. The number of hydrogen-bond acceptors (Lipinski definition) is 4. The Morgan fingerprint density at radius 1 is 1.35 bits per heavy atom. The molecule has 3 aromatic rings. The molecule has 102 valence electrons. The van der Waals surface area contributed by atoms with Crippen LogP contribution in [-0.2, 0) is 0 Å². The van der Waals surface area contributed by atoms with Crippen LogP contribution in [0.3, 0.4) is 0 Å². The van der Waals surface area contributed by atoms with Crippen molar-refractivity contribution in [2.24, 2.45) is 5.73 Å². The summed E-state index contributed by atoms with van der Waals surface area (Å²) in [4.78, 5) is 4.06. The number of nitrogens with zero attached hydrogens (tertiary/aromatic N) is 3. The second kappa shape index (κ2) is 4.90. The van der Waals surface area contributed by atoms with Gasteiger partial charge >= 0.3 is 0 Å². The van der Waals surface area contributed by atoms with Crippen LogP contribution in [0.2, 0.25) is 0 Å². The van der Waals surface area contributed by atoms with Gasteiger partial charge in [-0.2, -0.15) is 5.10 Å². The molecule has 0 radical (unpaired) electrons. The maximum atomic E-state index is 13.8. The van der Waals surface area contributed by atoms with E-state index in [4.69, 9.17) is 10.5 Å². The van der Waals surface area contributed by atoms with Gasteiger partial charge in [0.1, 0.15) is 0 Å². The molecule has 3 rings (SSSR count). The standard InChI is InChI=1S/C14H13FN4O/c1-20-13-3-2-9(6-11(13)15)14(16)10-7-18-19-5-4-17-8-12(10)19/h2-8,14H,16H2,1H3. The van der Waals surface area contributed by atoms with Crippen LogP contribution in [0.4, 0.5) is 4.39 Å². The van der Waals surface area contributed by atoms with Crippen molar-refractivity contribution in [3.63, 3.8) is 0 Å². The highest BCUT2D eigenvalue weighted by Gasteiger charge is 2.16. The zero-order valence-corrected chi connectivity index (χ0v) is 10.8. The molecule has 0 saturated heterocycles. The second-order valence-electron chi connectivity index (χ2n) is 4.38. The molecule has 2 heterocycles. The lowest BCUT2D eigenvalue weighted by molar-refractivity contribution is 0.386. The molecule has 1 unspecified atom stereocenters. The van der Waals surface area contributed by atoms with Crippen molar-refractivity contribution >= 4 is 5.52 Å². The van der Waals surface area contributed by atoms with Gasteiger partial charge in [0.15, 0.2) is 11.6 Å². The fraction of sp³-hybridized carbons (Fsp3) is 0.143. The van der Waals surface area contributed by atoms with E-state index in [0.29, 0.717) is 5.56 Å². The highest BCUT2D eigenvalue weighted by atomic mass is 19.1. The number of nitrogens with two attached hydrogens (primary N) is 1. The topological polar surface area (TPSA) is 65.4 Å². The molecule has 0 fully saturated rings. The number of rotatable bonds is 3. The number of fused-ring (bicyclic) bond motifs is 1. The van der Waals surface area contributed by atoms with Crippen LogP contribution >= 0.6 is 0 Å². The summed E-state index contributed by atoms with van der Waals surface area (Å²) < 4.78 is 20.3. The Bertz CT molecular complexity index is 756. The van der Waals surface area contributed by atoms with Crippen LogP contribution in [0.5, 0.6) is 5.75 Å². The molecule has 1 atom stereocenters. The molecule has 0 aliphatic heterocycles. The van der Waals surface area contributed by atoms with E-state index in [0.717, 1.165) is 11.1 Å². The van der Waals surface area contributed by atoms with Crippen LogP contribution in [0.25, 0.3) is 5.52 Å². The lowest BCUT2D eigenvalue weighted by Crippen LogP contribution is -2.12. The minimum atomic E-state index is -0.475. The third-order valence-corrected chi connectivity index (χ3v) is 3.22. The quantitative estimate of drug-likeness (QED) is 0.791. The van der Waals surface area contributed by atoms with E-state index in [1.165, 1.54) is 13.2 Å². The maximum absolute atomic E-state index is 13.8. The van der Waals surface area contributed by atoms with Crippen LogP contribution in [0.1, 0.15) is 17.2 Å². The van der Waals surface area contributed by atoms with E-state index >= 15 is 0 Å².